The maximum Gasteiger partial charge on any atom is 0.0824 e. The van der Waals surface area contributed by atoms with Crippen molar-refractivity contribution in [1.82, 2.24) is 4.90 Å². The summed E-state index contributed by atoms with van der Waals surface area (Å²) >= 11 is 5.47. The lowest BCUT2D eigenvalue weighted by Gasteiger charge is -2.20. The third kappa shape index (κ3) is 4.09. The quantitative estimate of drug-likeness (QED) is 0.739. The van der Waals surface area contributed by atoms with Crippen LogP contribution in [0.5, 0.6) is 0 Å². The number of nitrogens with two attached hydrogens (primary N) is 1. The van der Waals surface area contributed by atoms with Gasteiger partial charge in [0.25, 0.3) is 0 Å². The summed E-state index contributed by atoms with van der Waals surface area (Å²) < 4.78 is 5.54. The van der Waals surface area contributed by atoms with E-state index in [1.165, 1.54) is 0 Å². The molecule has 1 heterocycles. The lowest BCUT2D eigenvalue weighted by atomic mass is 10.3. The first kappa shape index (κ1) is 11.0. The van der Waals surface area contributed by atoms with E-state index >= 15 is 0 Å². The van der Waals surface area contributed by atoms with Gasteiger partial charge in [-0.15, -0.1) is 0 Å². The monoisotopic (exact) mass is 204 g/mol. The van der Waals surface area contributed by atoms with Crippen molar-refractivity contribution in [1.29, 1.82) is 0 Å². The Labute approximate surface area is 84.5 Å². The van der Waals surface area contributed by atoms with Crippen LogP contribution in [0.2, 0.25) is 0 Å². The standard InChI is InChI=1S/C9H17ClN2O/c10-3-1-4-12-5-2-6-13-9(7-11)8-12/h1,3,9H,2,4-8,11H2/b3-1+. The second kappa shape index (κ2) is 6.38. The lowest BCUT2D eigenvalue weighted by molar-refractivity contribution is 0.0620. The van der Waals surface area contributed by atoms with Gasteiger partial charge in [-0.25, -0.2) is 0 Å². The highest BCUT2D eigenvalue weighted by Gasteiger charge is 2.15. The third-order valence-corrected chi connectivity index (χ3v) is 2.33. The molecule has 1 rings (SSSR count). The Bertz CT molecular complexity index is 164. The number of halogens is 1. The van der Waals surface area contributed by atoms with Crippen LogP contribution in [0.3, 0.4) is 0 Å². The molecule has 2 N–H and O–H groups in total. The van der Waals surface area contributed by atoms with E-state index in [2.05, 4.69) is 4.90 Å². The SMILES string of the molecule is NCC1CN(C/C=C/Cl)CCCO1. The van der Waals surface area contributed by atoms with Crippen molar-refractivity contribution in [3.8, 4) is 0 Å². The van der Waals surface area contributed by atoms with Gasteiger partial charge in [0.1, 0.15) is 0 Å². The molecule has 1 saturated heterocycles. The topological polar surface area (TPSA) is 38.5 Å². The van der Waals surface area contributed by atoms with Crippen LogP contribution in [-0.2, 0) is 4.74 Å². The normalized spacial score (nSPS) is 26.5. The smallest absolute Gasteiger partial charge is 0.0824 e. The van der Waals surface area contributed by atoms with Crippen molar-refractivity contribution in [2.24, 2.45) is 5.73 Å². The maximum absolute atomic E-state index is 5.57. The van der Waals surface area contributed by atoms with Crippen LogP contribution in [0.4, 0.5) is 0 Å². The second-order valence-corrected chi connectivity index (χ2v) is 3.46. The number of nitrogens with zero attached hydrogens (tertiary/aromatic N) is 1. The molecular weight excluding hydrogens is 188 g/mol. The van der Waals surface area contributed by atoms with E-state index < -0.39 is 0 Å². The molecule has 0 amide bonds. The Morgan fingerprint density at radius 1 is 1.62 bits per heavy atom. The van der Waals surface area contributed by atoms with E-state index in [1.807, 2.05) is 6.08 Å². The van der Waals surface area contributed by atoms with Gasteiger partial charge < -0.3 is 10.5 Å². The molecule has 76 valence electrons. The van der Waals surface area contributed by atoms with E-state index in [0.29, 0.717) is 6.54 Å². The van der Waals surface area contributed by atoms with Crippen LogP contribution >= 0.6 is 11.6 Å². The fourth-order valence-corrected chi connectivity index (χ4v) is 1.55. The van der Waals surface area contributed by atoms with Crippen molar-refractivity contribution in [3.05, 3.63) is 11.6 Å². The minimum absolute atomic E-state index is 0.186. The number of hydrogen-bond donors (Lipinski definition) is 1. The molecule has 4 heteroatoms. The summed E-state index contributed by atoms with van der Waals surface area (Å²) in [7, 11) is 0. The summed E-state index contributed by atoms with van der Waals surface area (Å²) in [6, 6.07) is 0. The van der Waals surface area contributed by atoms with Gasteiger partial charge in [0, 0.05) is 38.3 Å². The molecular formula is C9H17ClN2O. The van der Waals surface area contributed by atoms with Crippen molar-refractivity contribution < 1.29 is 4.74 Å². The zero-order chi connectivity index (χ0) is 9.52. The average molecular weight is 205 g/mol. The highest BCUT2D eigenvalue weighted by atomic mass is 35.5. The van der Waals surface area contributed by atoms with Gasteiger partial charge in [-0.3, -0.25) is 4.90 Å². The molecule has 1 atom stereocenters. The Morgan fingerprint density at radius 2 is 2.46 bits per heavy atom. The van der Waals surface area contributed by atoms with Crippen LogP contribution < -0.4 is 5.73 Å². The molecule has 0 aromatic heterocycles. The van der Waals surface area contributed by atoms with Crippen molar-refractivity contribution >= 4 is 11.6 Å². The van der Waals surface area contributed by atoms with Gasteiger partial charge in [-0.1, -0.05) is 17.7 Å². The first-order valence-corrected chi connectivity index (χ1v) is 5.09. The van der Waals surface area contributed by atoms with E-state index in [4.69, 9.17) is 22.1 Å². The molecule has 0 aromatic carbocycles. The lowest BCUT2D eigenvalue weighted by Crippen LogP contribution is -2.36. The average Bonchev–Trinajstić information content (AvgIpc) is 2.39. The molecule has 0 aromatic rings. The summed E-state index contributed by atoms with van der Waals surface area (Å²) in [4.78, 5) is 2.31. The summed E-state index contributed by atoms with van der Waals surface area (Å²) in [5.74, 6) is 0. The van der Waals surface area contributed by atoms with Gasteiger partial charge in [0.05, 0.1) is 6.10 Å². The highest BCUT2D eigenvalue weighted by molar-refractivity contribution is 6.25. The van der Waals surface area contributed by atoms with E-state index in [-0.39, 0.29) is 6.10 Å². The van der Waals surface area contributed by atoms with E-state index in [1.54, 1.807) is 5.54 Å². The summed E-state index contributed by atoms with van der Waals surface area (Å²) in [5, 5.41) is 0. The molecule has 1 aliphatic rings. The van der Waals surface area contributed by atoms with E-state index in [0.717, 1.165) is 32.7 Å². The minimum Gasteiger partial charge on any atom is -0.376 e. The van der Waals surface area contributed by atoms with Crippen molar-refractivity contribution in [2.75, 3.05) is 32.8 Å². The molecule has 3 nitrogen and oxygen atoms in total. The molecule has 1 fully saturated rings. The fourth-order valence-electron chi connectivity index (χ4n) is 1.47. The van der Waals surface area contributed by atoms with Gasteiger partial charge in [0.2, 0.25) is 0 Å². The largest absolute Gasteiger partial charge is 0.376 e. The van der Waals surface area contributed by atoms with Crippen LogP contribution in [0, 0.1) is 0 Å². The molecule has 1 aliphatic heterocycles. The van der Waals surface area contributed by atoms with Crippen molar-refractivity contribution in [3.63, 3.8) is 0 Å². The first-order chi connectivity index (χ1) is 6.36. The number of rotatable bonds is 3. The Hall–Kier alpha value is -0.0900. The summed E-state index contributed by atoms with van der Waals surface area (Å²) in [6.45, 7) is 4.29. The van der Waals surface area contributed by atoms with Crippen LogP contribution in [-0.4, -0.2) is 43.8 Å². The fraction of sp³-hybridized carbons (Fsp3) is 0.778. The molecule has 0 spiro atoms. The number of ether oxygens (including phenoxy) is 1. The zero-order valence-electron chi connectivity index (χ0n) is 7.79. The van der Waals surface area contributed by atoms with Gasteiger partial charge in [-0.05, 0) is 6.42 Å². The predicted octanol–water partition coefficient (Wildman–Crippen LogP) is 0.789. The molecule has 0 bridgehead atoms. The Morgan fingerprint density at radius 3 is 3.15 bits per heavy atom. The summed E-state index contributed by atoms with van der Waals surface area (Å²) in [6.07, 6.45) is 3.21. The minimum atomic E-state index is 0.186. The summed E-state index contributed by atoms with van der Waals surface area (Å²) in [5.41, 5.74) is 7.13. The van der Waals surface area contributed by atoms with E-state index in [9.17, 15) is 0 Å². The first-order valence-electron chi connectivity index (χ1n) is 4.66. The molecule has 0 saturated carbocycles. The van der Waals surface area contributed by atoms with Crippen LogP contribution in [0.1, 0.15) is 6.42 Å². The van der Waals surface area contributed by atoms with Gasteiger partial charge in [0.15, 0.2) is 0 Å². The molecule has 0 radical (unpaired) electrons. The van der Waals surface area contributed by atoms with Crippen LogP contribution in [0.15, 0.2) is 11.6 Å². The maximum atomic E-state index is 5.57. The molecule has 13 heavy (non-hydrogen) atoms. The Balaban J connectivity index is 2.34. The number of hydrogen-bond acceptors (Lipinski definition) is 3. The zero-order valence-corrected chi connectivity index (χ0v) is 8.54. The van der Waals surface area contributed by atoms with Gasteiger partial charge >= 0.3 is 0 Å². The molecule has 1 unspecified atom stereocenters. The Kier molecular flexibility index (Phi) is 5.39. The van der Waals surface area contributed by atoms with Crippen molar-refractivity contribution in [2.45, 2.75) is 12.5 Å². The highest BCUT2D eigenvalue weighted by Crippen LogP contribution is 2.04. The third-order valence-electron chi connectivity index (χ3n) is 2.15. The van der Waals surface area contributed by atoms with Crippen LogP contribution in [0.25, 0.3) is 0 Å². The molecule has 0 aliphatic carbocycles. The van der Waals surface area contributed by atoms with Gasteiger partial charge in [-0.2, -0.15) is 0 Å². The second-order valence-electron chi connectivity index (χ2n) is 3.20. The predicted molar refractivity (Wildman–Crippen MR) is 54.8 cm³/mol.